The summed E-state index contributed by atoms with van der Waals surface area (Å²) < 4.78 is 0. The average Bonchev–Trinajstić information content (AvgIpc) is 2.45. The molecule has 1 fully saturated rings. The number of nitro groups is 1. The summed E-state index contributed by atoms with van der Waals surface area (Å²) in [4.78, 5) is 13.1. The van der Waals surface area contributed by atoms with Crippen molar-refractivity contribution in [1.29, 1.82) is 0 Å². The molecule has 0 aromatic heterocycles. The molecular formula is C15H25ClN4O2. The second-order valence-electron chi connectivity index (χ2n) is 6.61. The van der Waals surface area contributed by atoms with Crippen LogP contribution in [0.1, 0.15) is 20.8 Å². The first-order valence-corrected chi connectivity index (χ1v) is 7.35. The first-order chi connectivity index (χ1) is 9.87. The summed E-state index contributed by atoms with van der Waals surface area (Å²) in [5, 5.41) is 17.7. The Balaban J connectivity index is 0.00000242. The average molecular weight is 329 g/mol. The van der Waals surface area contributed by atoms with E-state index in [4.69, 9.17) is 0 Å². The molecule has 0 amide bonds. The van der Waals surface area contributed by atoms with E-state index in [1.807, 2.05) is 12.1 Å². The molecule has 22 heavy (non-hydrogen) atoms. The SMILES string of the molecule is CC(C)(C)CNc1cc(N2CCNCC2)ccc1[N+](=O)[O-].Cl. The van der Waals surface area contributed by atoms with Gasteiger partial charge in [0.25, 0.3) is 5.69 Å². The molecule has 0 spiro atoms. The molecule has 0 unspecified atom stereocenters. The smallest absolute Gasteiger partial charge is 0.292 e. The minimum atomic E-state index is -0.327. The lowest BCUT2D eigenvalue weighted by molar-refractivity contribution is -0.384. The molecule has 6 nitrogen and oxygen atoms in total. The molecule has 0 radical (unpaired) electrons. The van der Waals surface area contributed by atoms with Crippen molar-refractivity contribution < 1.29 is 4.92 Å². The van der Waals surface area contributed by atoms with Gasteiger partial charge in [-0.3, -0.25) is 10.1 Å². The maximum atomic E-state index is 11.2. The van der Waals surface area contributed by atoms with Crippen LogP contribution < -0.4 is 15.5 Å². The van der Waals surface area contributed by atoms with Crippen molar-refractivity contribution in [3.63, 3.8) is 0 Å². The molecule has 1 aromatic rings. The number of nitrogens with one attached hydrogen (secondary N) is 2. The molecule has 1 aliphatic heterocycles. The van der Waals surface area contributed by atoms with Crippen LogP contribution in [0.15, 0.2) is 18.2 Å². The molecule has 1 heterocycles. The normalized spacial score (nSPS) is 15.1. The molecule has 7 heteroatoms. The van der Waals surface area contributed by atoms with Gasteiger partial charge in [-0.15, -0.1) is 12.4 Å². The number of rotatable bonds is 4. The van der Waals surface area contributed by atoms with E-state index in [1.165, 1.54) is 0 Å². The molecule has 2 N–H and O–H groups in total. The predicted octanol–water partition coefficient (Wildman–Crippen LogP) is 2.88. The maximum absolute atomic E-state index is 11.2. The Kier molecular flexibility index (Phi) is 6.44. The van der Waals surface area contributed by atoms with Gasteiger partial charge in [-0.1, -0.05) is 20.8 Å². The molecule has 1 aromatic carbocycles. The second kappa shape index (κ2) is 7.65. The number of piperazine rings is 1. The third kappa shape index (κ3) is 5.03. The van der Waals surface area contributed by atoms with Gasteiger partial charge in [0.1, 0.15) is 5.69 Å². The van der Waals surface area contributed by atoms with Gasteiger partial charge in [0.05, 0.1) is 4.92 Å². The number of hydrogen-bond donors (Lipinski definition) is 2. The predicted molar refractivity (Wildman–Crippen MR) is 93.4 cm³/mol. The maximum Gasteiger partial charge on any atom is 0.292 e. The monoisotopic (exact) mass is 328 g/mol. The fourth-order valence-corrected chi connectivity index (χ4v) is 2.30. The molecule has 0 atom stereocenters. The van der Waals surface area contributed by atoms with E-state index in [0.717, 1.165) is 31.9 Å². The molecule has 0 bridgehead atoms. The van der Waals surface area contributed by atoms with E-state index in [9.17, 15) is 10.1 Å². The topological polar surface area (TPSA) is 70.4 Å². The van der Waals surface area contributed by atoms with Gasteiger partial charge in [-0.05, 0) is 17.5 Å². The summed E-state index contributed by atoms with van der Waals surface area (Å²) in [6, 6.07) is 5.34. The van der Waals surface area contributed by atoms with Gasteiger partial charge >= 0.3 is 0 Å². The Hall–Kier alpha value is -1.53. The summed E-state index contributed by atoms with van der Waals surface area (Å²) in [5.41, 5.74) is 1.85. The number of halogens is 1. The van der Waals surface area contributed by atoms with Gasteiger partial charge in [-0.25, -0.2) is 0 Å². The number of nitro benzene ring substituents is 1. The summed E-state index contributed by atoms with van der Waals surface area (Å²) in [5.74, 6) is 0. The largest absolute Gasteiger partial charge is 0.379 e. The van der Waals surface area contributed by atoms with Crippen LogP contribution in [0.4, 0.5) is 17.1 Å². The molecule has 0 saturated carbocycles. The Morgan fingerprint density at radius 2 is 1.95 bits per heavy atom. The Labute approximate surface area is 137 Å². The Morgan fingerprint density at radius 1 is 1.32 bits per heavy atom. The van der Waals surface area contributed by atoms with E-state index in [-0.39, 0.29) is 28.4 Å². The molecule has 2 rings (SSSR count). The van der Waals surface area contributed by atoms with Crippen molar-refractivity contribution in [3.8, 4) is 0 Å². The first-order valence-electron chi connectivity index (χ1n) is 7.35. The molecular weight excluding hydrogens is 304 g/mol. The molecule has 0 aliphatic carbocycles. The summed E-state index contributed by atoms with van der Waals surface area (Å²) >= 11 is 0. The summed E-state index contributed by atoms with van der Waals surface area (Å²) in [6.45, 7) is 10.7. The minimum absolute atomic E-state index is 0. The van der Waals surface area contributed by atoms with Gasteiger partial charge in [0.2, 0.25) is 0 Å². The quantitative estimate of drug-likeness (QED) is 0.657. The van der Waals surface area contributed by atoms with Crippen molar-refractivity contribution >= 4 is 29.5 Å². The highest BCUT2D eigenvalue weighted by Crippen LogP contribution is 2.30. The van der Waals surface area contributed by atoms with Crippen molar-refractivity contribution in [2.24, 2.45) is 5.41 Å². The molecule has 1 aliphatic rings. The minimum Gasteiger partial charge on any atom is -0.379 e. The lowest BCUT2D eigenvalue weighted by Crippen LogP contribution is -2.43. The highest BCUT2D eigenvalue weighted by atomic mass is 35.5. The van der Waals surface area contributed by atoms with Gasteiger partial charge < -0.3 is 15.5 Å². The van der Waals surface area contributed by atoms with Crippen LogP contribution in [0.2, 0.25) is 0 Å². The van der Waals surface area contributed by atoms with E-state index in [1.54, 1.807) is 6.07 Å². The first kappa shape index (κ1) is 18.5. The van der Waals surface area contributed by atoms with Crippen LogP contribution in [0.5, 0.6) is 0 Å². The van der Waals surface area contributed by atoms with E-state index < -0.39 is 0 Å². The fourth-order valence-electron chi connectivity index (χ4n) is 2.30. The van der Waals surface area contributed by atoms with Gasteiger partial charge in [0, 0.05) is 44.5 Å². The van der Waals surface area contributed by atoms with Crippen LogP contribution >= 0.6 is 12.4 Å². The van der Waals surface area contributed by atoms with Crippen molar-refractivity contribution in [3.05, 3.63) is 28.3 Å². The van der Waals surface area contributed by atoms with Crippen molar-refractivity contribution in [2.45, 2.75) is 20.8 Å². The van der Waals surface area contributed by atoms with Crippen LogP contribution in [-0.2, 0) is 0 Å². The van der Waals surface area contributed by atoms with Crippen molar-refractivity contribution in [1.82, 2.24) is 5.32 Å². The van der Waals surface area contributed by atoms with Crippen LogP contribution in [0.3, 0.4) is 0 Å². The third-order valence-corrected chi connectivity index (χ3v) is 3.47. The van der Waals surface area contributed by atoms with E-state index in [0.29, 0.717) is 12.2 Å². The zero-order valence-corrected chi connectivity index (χ0v) is 14.2. The Bertz CT molecular complexity index is 511. The van der Waals surface area contributed by atoms with E-state index >= 15 is 0 Å². The zero-order chi connectivity index (χ0) is 15.5. The molecule has 124 valence electrons. The van der Waals surface area contributed by atoms with Crippen LogP contribution in [0.25, 0.3) is 0 Å². The van der Waals surface area contributed by atoms with Gasteiger partial charge in [-0.2, -0.15) is 0 Å². The highest BCUT2D eigenvalue weighted by Gasteiger charge is 2.19. The number of nitrogens with zero attached hydrogens (tertiary/aromatic N) is 2. The standard InChI is InChI=1S/C15H24N4O2.ClH/c1-15(2,3)11-17-13-10-12(4-5-14(13)19(20)21)18-8-6-16-7-9-18;/h4-5,10,16-17H,6-9,11H2,1-3H3;1H. The van der Waals surface area contributed by atoms with E-state index in [2.05, 4.69) is 36.3 Å². The highest BCUT2D eigenvalue weighted by molar-refractivity contribution is 5.85. The van der Waals surface area contributed by atoms with Crippen LogP contribution in [0, 0.1) is 15.5 Å². The summed E-state index contributed by atoms with van der Waals surface area (Å²) in [7, 11) is 0. The van der Waals surface area contributed by atoms with Crippen molar-refractivity contribution in [2.75, 3.05) is 42.9 Å². The number of anilines is 2. The Morgan fingerprint density at radius 3 is 2.50 bits per heavy atom. The zero-order valence-electron chi connectivity index (χ0n) is 13.4. The number of benzene rings is 1. The summed E-state index contributed by atoms with van der Waals surface area (Å²) in [6.07, 6.45) is 0. The molecule has 1 saturated heterocycles. The van der Waals surface area contributed by atoms with Gasteiger partial charge in [0.15, 0.2) is 0 Å². The lowest BCUT2D eigenvalue weighted by Gasteiger charge is -2.30. The third-order valence-electron chi connectivity index (χ3n) is 3.47. The lowest BCUT2D eigenvalue weighted by atomic mass is 9.97. The van der Waals surface area contributed by atoms with Crippen LogP contribution in [-0.4, -0.2) is 37.6 Å². The second-order valence-corrected chi connectivity index (χ2v) is 6.61. The number of hydrogen-bond acceptors (Lipinski definition) is 5. The fraction of sp³-hybridized carbons (Fsp3) is 0.600.